The Kier molecular flexibility index (Phi) is 7.46. The van der Waals surface area contributed by atoms with E-state index in [1.54, 1.807) is 0 Å². The van der Waals surface area contributed by atoms with E-state index in [4.69, 9.17) is 0 Å². The Morgan fingerprint density at radius 3 is 2.50 bits per heavy atom. The molecule has 5 nitrogen and oxygen atoms in total. The van der Waals surface area contributed by atoms with Crippen molar-refractivity contribution in [3.63, 3.8) is 0 Å². The second-order valence-corrected chi connectivity index (χ2v) is 6.45. The van der Waals surface area contributed by atoms with Gasteiger partial charge < -0.3 is 5.32 Å². The largest absolute Gasteiger partial charge is 0.353 e. The maximum atomic E-state index is 11.9. The van der Waals surface area contributed by atoms with Crippen LogP contribution in [0.3, 0.4) is 0 Å². The number of nitrogens with one attached hydrogen (secondary N) is 2. The molecular weight excluding hydrogens is 302 g/mol. The Labute approximate surface area is 143 Å². The highest BCUT2D eigenvalue weighted by molar-refractivity contribution is 5.97. The molecule has 0 unspecified atom stereocenters. The first kappa shape index (κ1) is 18.2. The van der Waals surface area contributed by atoms with E-state index < -0.39 is 0 Å². The minimum atomic E-state index is -0.359. The van der Waals surface area contributed by atoms with Crippen LogP contribution in [0.15, 0.2) is 35.4 Å². The number of benzene rings is 1. The Balaban J connectivity index is 1.66. The third kappa shape index (κ3) is 6.94. The fraction of sp³-hybridized carbons (Fsp3) is 0.526. The van der Waals surface area contributed by atoms with Crippen molar-refractivity contribution in [2.24, 2.45) is 5.10 Å². The zero-order valence-corrected chi connectivity index (χ0v) is 14.4. The van der Waals surface area contributed by atoms with Gasteiger partial charge in [0.05, 0.1) is 0 Å². The minimum Gasteiger partial charge on any atom is -0.353 e. The van der Waals surface area contributed by atoms with Gasteiger partial charge in [-0.1, -0.05) is 49.6 Å². The van der Waals surface area contributed by atoms with Gasteiger partial charge in [-0.3, -0.25) is 9.59 Å². The summed E-state index contributed by atoms with van der Waals surface area (Å²) in [5.74, 6) is -0.570. The van der Waals surface area contributed by atoms with E-state index in [9.17, 15) is 9.59 Å². The third-order valence-electron chi connectivity index (χ3n) is 4.28. The maximum Gasteiger partial charge on any atom is 0.249 e. The zero-order chi connectivity index (χ0) is 17.2. The zero-order valence-electron chi connectivity index (χ0n) is 14.4. The Bertz CT molecular complexity index is 563. The van der Waals surface area contributed by atoms with Gasteiger partial charge in [-0.05, 0) is 38.2 Å². The van der Waals surface area contributed by atoms with Crippen LogP contribution in [0.5, 0.6) is 0 Å². The van der Waals surface area contributed by atoms with E-state index >= 15 is 0 Å². The number of carbonyl (C=O) groups excluding carboxylic acids is 2. The van der Waals surface area contributed by atoms with Crippen molar-refractivity contribution >= 4 is 17.5 Å². The predicted molar refractivity (Wildman–Crippen MR) is 95.6 cm³/mol. The maximum absolute atomic E-state index is 11.9. The van der Waals surface area contributed by atoms with Gasteiger partial charge in [0, 0.05) is 11.8 Å². The van der Waals surface area contributed by atoms with Crippen LogP contribution in [0, 0.1) is 0 Å². The fourth-order valence-corrected chi connectivity index (χ4v) is 2.89. The monoisotopic (exact) mass is 329 g/mol. The molecule has 130 valence electrons. The molecule has 5 heteroatoms. The molecule has 1 fully saturated rings. The van der Waals surface area contributed by atoms with E-state index in [-0.39, 0.29) is 24.3 Å². The Hall–Kier alpha value is -2.17. The van der Waals surface area contributed by atoms with E-state index in [2.05, 4.69) is 28.0 Å². The molecule has 1 saturated carbocycles. The third-order valence-corrected chi connectivity index (χ3v) is 4.28. The molecule has 1 aliphatic carbocycles. The summed E-state index contributed by atoms with van der Waals surface area (Å²) in [6.07, 6.45) is 7.08. The number of amides is 2. The SMILES string of the molecule is C/C(CCc1ccccc1)=N/NC(=O)CC(=O)NC1CCCCC1. The van der Waals surface area contributed by atoms with E-state index in [0.29, 0.717) is 0 Å². The Morgan fingerprint density at radius 1 is 1.08 bits per heavy atom. The summed E-state index contributed by atoms with van der Waals surface area (Å²) in [7, 11) is 0. The molecule has 0 aliphatic heterocycles. The van der Waals surface area contributed by atoms with Crippen molar-refractivity contribution in [1.82, 2.24) is 10.7 Å². The summed E-state index contributed by atoms with van der Waals surface area (Å²) < 4.78 is 0. The number of rotatable bonds is 7. The summed E-state index contributed by atoms with van der Waals surface area (Å²) >= 11 is 0. The molecule has 0 bridgehead atoms. The first-order chi connectivity index (χ1) is 11.6. The highest BCUT2D eigenvalue weighted by Crippen LogP contribution is 2.17. The first-order valence-corrected chi connectivity index (χ1v) is 8.79. The molecule has 0 radical (unpaired) electrons. The number of hydrazone groups is 1. The van der Waals surface area contributed by atoms with Crippen LogP contribution in [-0.2, 0) is 16.0 Å². The van der Waals surface area contributed by atoms with Gasteiger partial charge in [-0.25, -0.2) is 5.43 Å². The van der Waals surface area contributed by atoms with Crippen LogP contribution in [0.1, 0.15) is 57.4 Å². The average Bonchev–Trinajstić information content (AvgIpc) is 2.60. The lowest BCUT2D eigenvalue weighted by Crippen LogP contribution is -2.38. The van der Waals surface area contributed by atoms with Crippen LogP contribution in [0.25, 0.3) is 0 Å². The summed E-state index contributed by atoms with van der Waals surface area (Å²) in [5.41, 5.74) is 4.56. The normalized spacial score (nSPS) is 15.8. The smallest absolute Gasteiger partial charge is 0.249 e. The van der Waals surface area contributed by atoms with Crippen molar-refractivity contribution in [2.45, 2.75) is 64.3 Å². The summed E-state index contributed by atoms with van der Waals surface area (Å²) in [5, 5.41) is 7.01. The van der Waals surface area contributed by atoms with Crippen molar-refractivity contribution in [1.29, 1.82) is 0 Å². The van der Waals surface area contributed by atoms with Gasteiger partial charge in [-0.15, -0.1) is 0 Å². The predicted octanol–water partition coefficient (Wildman–Crippen LogP) is 2.95. The molecule has 0 saturated heterocycles. The second-order valence-electron chi connectivity index (χ2n) is 6.45. The topological polar surface area (TPSA) is 70.6 Å². The highest BCUT2D eigenvalue weighted by Gasteiger charge is 2.17. The molecule has 0 heterocycles. The molecule has 1 aromatic carbocycles. The van der Waals surface area contributed by atoms with Crippen LogP contribution < -0.4 is 10.7 Å². The molecule has 1 aromatic rings. The molecule has 0 atom stereocenters. The lowest BCUT2D eigenvalue weighted by atomic mass is 9.95. The van der Waals surface area contributed by atoms with Gasteiger partial charge in [0.25, 0.3) is 0 Å². The van der Waals surface area contributed by atoms with Crippen LogP contribution >= 0.6 is 0 Å². The average molecular weight is 329 g/mol. The van der Waals surface area contributed by atoms with Gasteiger partial charge in [0.1, 0.15) is 6.42 Å². The number of aryl methyl sites for hydroxylation is 1. The fourth-order valence-electron chi connectivity index (χ4n) is 2.89. The van der Waals surface area contributed by atoms with Crippen molar-refractivity contribution < 1.29 is 9.59 Å². The molecule has 0 spiro atoms. The van der Waals surface area contributed by atoms with Crippen molar-refractivity contribution in [3.05, 3.63) is 35.9 Å². The van der Waals surface area contributed by atoms with Crippen LogP contribution in [0.4, 0.5) is 0 Å². The molecule has 2 amide bonds. The lowest BCUT2D eigenvalue weighted by molar-refractivity contribution is -0.129. The van der Waals surface area contributed by atoms with Gasteiger partial charge >= 0.3 is 0 Å². The lowest BCUT2D eigenvalue weighted by Gasteiger charge is -2.22. The van der Waals surface area contributed by atoms with Crippen LogP contribution in [-0.4, -0.2) is 23.6 Å². The molecule has 24 heavy (non-hydrogen) atoms. The summed E-state index contributed by atoms with van der Waals surface area (Å²) in [6, 6.07) is 10.4. The quantitative estimate of drug-likeness (QED) is 0.459. The van der Waals surface area contributed by atoms with Crippen molar-refractivity contribution in [2.75, 3.05) is 0 Å². The molecule has 2 N–H and O–H groups in total. The van der Waals surface area contributed by atoms with Crippen LogP contribution in [0.2, 0.25) is 0 Å². The number of hydrogen-bond donors (Lipinski definition) is 2. The second kappa shape index (κ2) is 9.85. The first-order valence-electron chi connectivity index (χ1n) is 8.79. The van der Waals surface area contributed by atoms with Crippen molar-refractivity contribution in [3.8, 4) is 0 Å². The highest BCUT2D eigenvalue weighted by atomic mass is 16.2. The standard InChI is InChI=1S/C19H27N3O2/c1-15(12-13-16-8-4-2-5-9-16)21-22-19(24)14-18(23)20-17-10-6-3-7-11-17/h2,4-5,8-9,17H,3,6-7,10-14H2,1H3,(H,20,23)(H,22,24)/b21-15-. The molecule has 0 aromatic heterocycles. The van der Waals surface area contributed by atoms with Gasteiger partial charge in [0.2, 0.25) is 11.8 Å². The number of hydrogen-bond acceptors (Lipinski definition) is 3. The molecule has 2 rings (SSSR count). The van der Waals surface area contributed by atoms with E-state index in [1.807, 2.05) is 25.1 Å². The summed E-state index contributed by atoms with van der Waals surface area (Å²) in [6.45, 7) is 1.88. The number of nitrogens with zero attached hydrogens (tertiary/aromatic N) is 1. The van der Waals surface area contributed by atoms with E-state index in [0.717, 1.165) is 44.2 Å². The summed E-state index contributed by atoms with van der Waals surface area (Å²) in [4.78, 5) is 23.7. The van der Waals surface area contributed by atoms with Gasteiger partial charge in [-0.2, -0.15) is 5.10 Å². The molecular formula is C19H27N3O2. The molecule has 1 aliphatic rings. The van der Waals surface area contributed by atoms with Gasteiger partial charge in [0.15, 0.2) is 0 Å². The number of carbonyl (C=O) groups is 2. The van der Waals surface area contributed by atoms with E-state index in [1.165, 1.54) is 12.0 Å². The minimum absolute atomic E-state index is 0.161. The Morgan fingerprint density at radius 2 is 1.79 bits per heavy atom.